The summed E-state index contributed by atoms with van der Waals surface area (Å²) in [6.45, 7) is -2.85. The first-order valence-electron chi connectivity index (χ1n) is 6.95. The van der Waals surface area contributed by atoms with Gasteiger partial charge in [-0.25, -0.2) is 5.10 Å². The van der Waals surface area contributed by atoms with Crippen LogP contribution in [0.25, 0.3) is 11.4 Å². The molecule has 0 saturated heterocycles. The van der Waals surface area contributed by atoms with E-state index in [1.165, 1.54) is 16.8 Å². The summed E-state index contributed by atoms with van der Waals surface area (Å²) in [5.74, 6) is 0.668. The lowest BCUT2D eigenvalue weighted by molar-refractivity contribution is -0.0498. The summed E-state index contributed by atoms with van der Waals surface area (Å²) >= 11 is 5.18. The van der Waals surface area contributed by atoms with Crippen LogP contribution >= 0.6 is 12.2 Å². The molecule has 0 aliphatic carbocycles. The number of rotatable bonds is 5. The van der Waals surface area contributed by atoms with Crippen LogP contribution in [0.15, 0.2) is 59.7 Å². The number of hydrogen-bond donors (Lipinski definition) is 1. The Morgan fingerprint density at radius 3 is 2.50 bits per heavy atom. The van der Waals surface area contributed by atoms with Crippen LogP contribution in [0.4, 0.5) is 8.78 Å². The Bertz CT molecular complexity index is 888. The molecule has 1 heterocycles. The van der Waals surface area contributed by atoms with Crippen LogP contribution in [0.3, 0.4) is 0 Å². The summed E-state index contributed by atoms with van der Waals surface area (Å²) in [6.07, 6.45) is 1.56. The van der Waals surface area contributed by atoms with E-state index in [1.54, 1.807) is 18.3 Å². The molecule has 0 bridgehead atoms. The molecule has 2 aromatic carbocycles. The zero-order valence-corrected chi connectivity index (χ0v) is 13.1. The molecule has 0 amide bonds. The number of hydrogen-bond acceptors (Lipinski definition) is 4. The Kier molecular flexibility index (Phi) is 4.76. The van der Waals surface area contributed by atoms with Crippen LogP contribution in [-0.4, -0.2) is 27.7 Å². The number of alkyl halides is 2. The van der Waals surface area contributed by atoms with E-state index in [0.717, 1.165) is 5.56 Å². The van der Waals surface area contributed by atoms with Crippen LogP contribution in [0.2, 0.25) is 0 Å². The Labute approximate surface area is 141 Å². The summed E-state index contributed by atoms with van der Waals surface area (Å²) in [7, 11) is 0. The molecule has 5 nitrogen and oxygen atoms in total. The van der Waals surface area contributed by atoms with Crippen LogP contribution in [-0.2, 0) is 0 Å². The third-order valence-electron chi connectivity index (χ3n) is 3.11. The highest BCUT2D eigenvalue weighted by molar-refractivity contribution is 7.71. The van der Waals surface area contributed by atoms with Crippen LogP contribution in [0.1, 0.15) is 5.56 Å². The number of aromatic amines is 1. The van der Waals surface area contributed by atoms with Gasteiger partial charge in [0, 0.05) is 5.56 Å². The van der Waals surface area contributed by atoms with Crippen molar-refractivity contribution < 1.29 is 13.5 Å². The standard InChI is InChI=1S/C16H12F2N4OS/c17-15(18)23-13-8-6-11(7-9-13)10-19-22-14(20-21-16(22)24)12-4-2-1-3-5-12/h1-10,15H,(H,21,24)/b19-10+. The molecule has 3 aromatic rings. The molecule has 122 valence electrons. The molecular formula is C16H12F2N4OS. The molecule has 0 aliphatic rings. The fourth-order valence-electron chi connectivity index (χ4n) is 2.03. The van der Waals surface area contributed by atoms with Crippen molar-refractivity contribution in [3.05, 3.63) is 64.9 Å². The minimum Gasteiger partial charge on any atom is -0.435 e. The van der Waals surface area contributed by atoms with Gasteiger partial charge >= 0.3 is 6.61 Å². The molecular weight excluding hydrogens is 334 g/mol. The molecule has 1 aromatic heterocycles. The predicted molar refractivity (Wildman–Crippen MR) is 88.9 cm³/mol. The van der Waals surface area contributed by atoms with Gasteiger partial charge in [0.1, 0.15) is 5.75 Å². The first-order chi connectivity index (χ1) is 11.6. The molecule has 0 aliphatic heterocycles. The minimum atomic E-state index is -2.85. The van der Waals surface area contributed by atoms with Crippen molar-refractivity contribution in [1.29, 1.82) is 0 Å². The molecule has 0 fully saturated rings. The maximum Gasteiger partial charge on any atom is 0.387 e. The van der Waals surface area contributed by atoms with Gasteiger partial charge in [0.25, 0.3) is 0 Å². The molecule has 1 N–H and O–H groups in total. The zero-order chi connectivity index (χ0) is 16.9. The monoisotopic (exact) mass is 346 g/mol. The summed E-state index contributed by atoms with van der Waals surface area (Å²) in [4.78, 5) is 0. The van der Waals surface area contributed by atoms with Crippen molar-refractivity contribution in [2.75, 3.05) is 0 Å². The molecule has 3 rings (SSSR count). The van der Waals surface area contributed by atoms with Crippen molar-refractivity contribution >= 4 is 18.4 Å². The summed E-state index contributed by atoms with van der Waals surface area (Å²) in [5, 5.41) is 11.2. The van der Waals surface area contributed by atoms with Gasteiger partial charge in [-0.15, -0.1) is 0 Å². The molecule has 8 heteroatoms. The second kappa shape index (κ2) is 7.14. The normalized spacial score (nSPS) is 11.3. The van der Waals surface area contributed by atoms with E-state index in [9.17, 15) is 8.78 Å². The van der Waals surface area contributed by atoms with E-state index in [1.807, 2.05) is 30.3 Å². The van der Waals surface area contributed by atoms with Gasteiger partial charge in [-0.05, 0) is 42.0 Å². The Balaban J connectivity index is 1.85. The Morgan fingerprint density at radius 1 is 1.12 bits per heavy atom. The number of halogens is 2. The lowest BCUT2D eigenvalue weighted by Gasteiger charge is -2.04. The smallest absolute Gasteiger partial charge is 0.387 e. The van der Waals surface area contributed by atoms with Gasteiger partial charge in [0.15, 0.2) is 5.82 Å². The molecule has 0 radical (unpaired) electrons. The van der Waals surface area contributed by atoms with Gasteiger partial charge in [-0.1, -0.05) is 30.3 Å². The van der Waals surface area contributed by atoms with E-state index in [4.69, 9.17) is 12.2 Å². The first-order valence-corrected chi connectivity index (χ1v) is 7.36. The highest BCUT2D eigenvalue weighted by Gasteiger charge is 2.07. The lowest BCUT2D eigenvalue weighted by Crippen LogP contribution is -2.01. The zero-order valence-electron chi connectivity index (χ0n) is 12.3. The Hall–Kier alpha value is -2.87. The summed E-state index contributed by atoms with van der Waals surface area (Å²) in [5.41, 5.74) is 1.57. The van der Waals surface area contributed by atoms with Gasteiger partial charge in [0.2, 0.25) is 4.77 Å². The highest BCUT2D eigenvalue weighted by atomic mass is 32.1. The summed E-state index contributed by atoms with van der Waals surface area (Å²) in [6, 6.07) is 15.6. The van der Waals surface area contributed by atoms with Crippen LogP contribution < -0.4 is 4.74 Å². The third-order valence-corrected chi connectivity index (χ3v) is 3.37. The van der Waals surface area contributed by atoms with Gasteiger partial charge < -0.3 is 4.74 Å². The number of nitrogens with zero attached hydrogens (tertiary/aromatic N) is 3. The van der Waals surface area contributed by atoms with E-state index < -0.39 is 6.61 Å². The maximum absolute atomic E-state index is 12.1. The molecule has 0 atom stereocenters. The predicted octanol–water partition coefficient (Wildman–Crippen LogP) is 4.09. The lowest BCUT2D eigenvalue weighted by atomic mass is 10.2. The van der Waals surface area contributed by atoms with Crippen LogP contribution in [0, 0.1) is 4.77 Å². The second-order valence-electron chi connectivity index (χ2n) is 4.72. The number of nitrogens with one attached hydrogen (secondary N) is 1. The van der Waals surface area contributed by atoms with E-state index in [0.29, 0.717) is 16.2 Å². The van der Waals surface area contributed by atoms with Crippen molar-refractivity contribution in [3.8, 4) is 17.1 Å². The quantitative estimate of drug-likeness (QED) is 0.559. The number of aromatic nitrogens is 3. The topological polar surface area (TPSA) is 55.2 Å². The van der Waals surface area contributed by atoms with E-state index in [2.05, 4.69) is 20.0 Å². The van der Waals surface area contributed by atoms with Gasteiger partial charge in [-0.3, -0.25) is 0 Å². The van der Waals surface area contributed by atoms with Crippen molar-refractivity contribution in [1.82, 2.24) is 14.9 Å². The fourth-order valence-corrected chi connectivity index (χ4v) is 2.21. The number of H-pyrrole nitrogens is 1. The minimum absolute atomic E-state index is 0.0899. The maximum atomic E-state index is 12.1. The molecule has 24 heavy (non-hydrogen) atoms. The first kappa shape index (κ1) is 16.0. The fraction of sp³-hybridized carbons (Fsp3) is 0.0625. The molecule has 0 spiro atoms. The number of ether oxygens (including phenoxy) is 1. The highest BCUT2D eigenvalue weighted by Crippen LogP contribution is 2.17. The summed E-state index contributed by atoms with van der Waals surface area (Å²) < 4.78 is 30.4. The Morgan fingerprint density at radius 2 is 1.83 bits per heavy atom. The van der Waals surface area contributed by atoms with E-state index >= 15 is 0 Å². The average Bonchev–Trinajstić information content (AvgIpc) is 2.95. The van der Waals surface area contributed by atoms with Crippen LogP contribution in [0.5, 0.6) is 5.75 Å². The molecule has 0 unspecified atom stereocenters. The van der Waals surface area contributed by atoms with E-state index in [-0.39, 0.29) is 5.75 Å². The van der Waals surface area contributed by atoms with Gasteiger partial charge in [-0.2, -0.15) is 23.7 Å². The third kappa shape index (κ3) is 3.72. The van der Waals surface area contributed by atoms with Crippen molar-refractivity contribution in [2.45, 2.75) is 6.61 Å². The average molecular weight is 346 g/mol. The second-order valence-corrected chi connectivity index (χ2v) is 5.11. The molecule has 0 saturated carbocycles. The van der Waals surface area contributed by atoms with Crippen molar-refractivity contribution in [3.63, 3.8) is 0 Å². The van der Waals surface area contributed by atoms with Gasteiger partial charge in [0.05, 0.1) is 6.21 Å². The largest absolute Gasteiger partial charge is 0.435 e. The SMILES string of the molecule is FC(F)Oc1ccc(/C=N/n2c(-c3ccccc3)n[nH]c2=S)cc1. The van der Waals surface area contributed by atoms with Crippen molar-refractivity contribution in [2.24, 2.45) is 5.10 Å². The number of benzene rings is 2.